The largest absolute Gasteiger partial charge is 0.494 e. The predicted octanol–water partition coefficient (Wildman–Crippen LogP) is 4.44. The van der Waals surface area contributed by atoms with E-state index >= 15 is 0 Å². The summed E-state index contributed by atoms with van der Waals surface area (Å²) in [6.45, 7) is 1.73. The first-order valence-electron chi connectivity index (χ1n) is 11.9. The summed E-state index contributed by atoms with van der Waals surface area (Å²) in [4.78, 5) is 28.1. The molecular weight excluding hydrogens is 440 g/mol. The highest BCUT2D eigenvalue weighted by atomic mass is 16.5. The number of imidazole rings is 1. The fraction of sp³-hybridized carbons (Fsp3) is 0.250. The van der Waals surface area contributed by atoms with Crippen LogP contribution in [-0.2, 0) is 29.1 Å². The number of nitrogens with zero attached hydrogens (tertiary/aromatic N) is 2. The van der Waals surface area contributed by atoms with E-state index in [0.717, 1.165) is 46.6 Å². The van der Waals surface area contributed by atoms with Crippen LogP contribution in [0.2, 0.25) is 0 Å². The Morgan fingerprint density at radius 2 is 1.86 bits per heavy atom. The van der Waals surface area contributed by atoms with E-state index in [4.69, 9.17) is 4.74 Å². The molecule has 5 rings (SSSR count). The van der Waals surface area contributed by atoms with Crippen molar-refractivity contribution < 1.29 is 14.3 Å². The number of carbonyl (C=O) groups is 2. The zero-order valence-corrected chi connectivity index (χ0v) is 19.5. The number of ether oxygens (including phenoxy) is 1. The minimum Gasteiger partial charge on any atom is -0.494 e. The van der Waals surface area contributed by atoms with Gasteiger partial charge in [-0.2, -0.15) is 0 Å². The topological polar surface area (TPSA) is 85.3 Å². The Morgan fingerprint density at radius 1 is 1.03 bits per heavy atom. The summed E-state index contributed by atoms with van der Waals surface area (Å²) in [6.07, 6.45) is 4.14. The van der Waals surface area contributed by atoms with E-state index < -0.39 is 0 Å². The van der Waals surface area contributed by atoms with Crippen molar-refractivity contribution in [2.24, 2.45) is 0 Å². The standard InChI is InChI=1S/C28H28N4O3/c33-27(6-3-15-35-23-12-13-24-22(16-23)11-14-28(34)31-24)29-17-20-7-9-21(10-8-20)18-32-19-30-25-4-1-2-5-26(25)32/h1-2,4-5,7-10,12-13,16,19H,3,6,11,14-15,17-18H2,(H,29,33)(H,31,34). The minimum atomic E-state index is 0.00992. The second-order valence-corrected chi connectivity index (χ2v) is 8.77. The molecule has 178 valence electrons. The summed E-state index contributed by atoms with van der Waals surface area (Å²) in [5.41, 5.74) is 6.31. The first-order valence-corrected chi connectivity index (χ1v) is 11.9. The molecule has 0 fully saturated rings. The van der Waals surface area contributed by atoms with Crippen molar-refractivity contribution in [2.45, 2.75) is 38.8 Å². The molecule has 2 N–H and O–H groups in total. The number of amides is 2. The van der Waals surface area contributed by atoms with Crippen molar-refractivity contribution >= 4 is 28.5 Å². The third-order valence-corrected chi connectivity index (χ3v) is 6.18. The summed E-state index contributed by atoms with van der Waals surface area (Å²) < 4.78 is 7.93. The molecule has 0 radical (unpaired) electrons. The molecule has 7 nitrogen and oxygen atoms in total. The first kappa shape index (κ1) is 22.7. The van der Waals surface area contributed by atoms with Crippen LogP contribution in [0, 0.1) is 0 Å². The fourth-order valence-electron chi connectivity index (χ4n) is 4.26. The Labute approximate surface area is 204 Å². The quantitative estimate of drug-likeness (QED) is 0.356. The van der Waals surface area contributed by atoms with Crippen LogP contribution in [0.15, 0.2) is 73.1 Å². The Bertz CT molecular complexity index is 1340. The van der Waals surface area contributed by atoms with Crippen molar-refractivity contribution in [3.05, 3.63) is 89.7 Å². The van der Waals surface area contributed by atoms with Crippen LogP contribution in [0.4, 0.5) is 5.69 Å². The van der Waals surface area contributed by atoms with Gasteiger partial charge in [-0.3, -0.25) is 9.59 Å². The zero-order valence-electron chi connectivity index (χ0n) is 19.5. The molecule has 0 bridgehead atoms. The van der Waals surface area contributed by atoms with Crippen LogP contribution in [0.25, 0.3) is 11.0 Å². The van der Waals surface area contributed by atoms with Gasteiger partial charge in [0, 0.05) is 31.6 Å². The summed E-state index contributed by atoms with van der Waals surface area (Å²) in [7, 11) is 0. The lowest BCUT2D eigenvalue weighted by molar-refractivity contribution is -0.121. The van der Waals surface area contributed by atoms with E-state index in [2.05, 4.69) is 50.5 Å². The maximum atomic E-state index is 12.2. The number of aromatic nitrogens is 2. The Kier molecular flexibility index (Phi) is 6.75. The van der Waals surface area contributed by atoms with Crippen molar-refractivity contribution in [1.29, 1.82) is 0 Å². The van der Waals surface area contributed by atoms with E-state index in [1.807, 2.05) is 42.7 Å². The Balaban J connectivity index is 1.03. The van der Waals surface area contributed by atoms with Gasteiger partial charge in [-0.25, -0.2) is 4.98 Å². The third-order valence-electron chi connectivity index (χ3n) is 6.18. The van der Waals surface area contributed by atoms with Crippen LogP contribution in [0.5, 0.6) is 5.75 Å². The lowest BCUT2D eigenvalue weighted by Gasteiger charge is -2.17. The second kappa shape index (κ2) is 10.4. The molecule has 2 heterocycles. The first-order chi connectivity index (χ1) is 17.1. The second-order valence-electron chi connectivity index (χ2n) is 8.77. The van der Waals surface area contributed by atoms with E-state index in [1.54, 1.807) is 0 Å². The molecule has 0 aliphatic carbocycles. The maximum Gasteiger partial charge on any atom is 0.224 e. The lowest BCUT2D eigenvalue weighted by Crippen LogP contribution is -2.23. The smallest absolute Gasteiger partial charge is 0.224 e. The highest BCUT2D eigenvalue weighted by Gasteiger charge is 2.15. The number of benzene rings is 3. The van der Waals surface area contributed by atoms with E-state index in [1.165, 1.54) is 5.56 Å². The zero-order chi connectivity index (χ0) is 24.0. The monoisotopic (exact) mass is 468 g/mol. The molecule has 0 spiro atoms. The van der Waals surface area contributed by atoms with Gasteiger partial charge in [-0.15, -0.1) is 0 Å². The van der Waals surface area contributed by atoms with Gasteiger partial charge in [0.05, 0.1) is 24.0 Å². The number of fused-ring (bicyclic) bond motifs is 2. The van der Waals surface area contributed by atoms with Crippen molar-refractivity contribution in [3.8, 4) is 5.75 Å². The number of nitrogens with one attached hydrogen (secondary N) is 2. The number of rotatable bonds is 9. The molecule has 1 aromatic heterocycles. The molecule has 4 aromatic rings. The molecule has 0 saturated carbocycles. The van der Waals surface area contributed by atoms with Gasteiger partial charge in [-0.1, -0.05) is 36.4 Å². The molecule has 1 aliphatic rings. The highest BCUT2D eigenvalue weighted by Crippen LogP contribution is 2.26. The van der Waals surface area contributed by atoms with Gasteiger partial charge in [-0.05, 0) is 59.9 Å². The number of aryl methyl sites for hydroxylation is 1. The molecule has 0 saturated heterocycles. The Hall–Kier alpha value is -4.13. The Morgan fingerprint density at radius 3 is 2.74 bits per heavy atom. The van der Waals surface area contributed by atoms with Crippen molar-refractivity contribution in [1.82, 2.24) is 14.9 Å². The number of para-hydroxylation sites is 2. The molecular formula is C28H28N4O3. The lowest BCUT2D eigenvalue weighted by atomic mass is 10.0. The average molecular weight is 469 g/mol. The fourth-order valence-corrected chi connectivity index (χ4v) is 4.26. The van der Waals surface area contributed by atoms with Crippen LogP contribution >= 0.6 is 0 Å². The predicted molar refractivity (Wildman–Crippen MR) is 135 cm³/mol. The maximum absolute atomic E-state index is 12.2. The summed E-state index contributed by atoms with van der Waals surface area (Å²) >= 11 is 0. The van der Waals surface area contributed by atoms with Gasteiger partial charge in [0.15, 0.2) is 0 Å². The molecule has 3 aromatic carbocycles. The van der Waals surface area contributed by atoms with Gasteiger partial charge in [0.1, 0.15) is 5.75 Å². The minimum absolute atomic E-state index is 0.00992. The average Bonchev–Trinajstić information content (AvgIpc) is 3.29. The van der Waals surface area contributed by atoms with Crippen molar-refractivity contribution in [3.63, 3.8) is 0 Å². The van der Waals surface area contributed by atoms with Crippen LogP contribution in [-0.4, -0.2) is 28.0 Å². The molecule has 0 atom stereocenters. The van der Waals surface area contributed by atoms with E-state index in [-0.39, 0.29) is 11.8 Å². The van der Waals surface area contributed by atoms with Gasteiger partial charge >= 0.3 is 0 Å². The summed E-state index contributed by atoms with van der Waals surface area (Å²) in [5.74, 6) is 0.830. The van der Waals surface area contributed by atoms with Gasteiger partial charge in [0.2, 0.25) is 11.8 Å². The number of hydrogen-bond donors (Lipinski definition) is 2. The molecule has 35 heavy (non-hydrogen) atoms. The molecule has 1 aliphatic heterocycles. The van der Waals surface area contributed by atoms with E-state index in [0.29, 0.717) is 32.4 Å². The molecule has 7 heteroatoms. The van der Waals surface area contributed by atoms with Crippen LogP contribution in [0.1, 0.15) is 36.0 Å². The number of anilines is 1. The van der Waals surface area contributed by atoms with Gasteiger partial charge < -0.3 is 19.9 Å². The normalized spacial score (nSPS) is 12.7. The highest BCUT2D eigenvalue weighted by molar-refractivity contribution is 5.94. The summed E-state index contributed by atoms with van der Waals surface area (Å²) in [5, 5.41) is 5.85. The van der Waals surface area contributed by atoms with Crippen molar-refractivity contribution in [2.75, 3.05) is 11.9 Å². The van der Waals surface area contributed by atoms with Crippen LogP contribution in [0.3, 0.4) is 0 Å². The summed E-state index contributed by atoms with van der Waals surface area (Å²) in [6, 6.07) is 22.1. The molecule has 0 unspecified atom stereocenters. The third kappa shape index (κ3) is 5.69. The van der Waals surface area contributed by atoms with Crippen LogP contribution < -0.4 is 15.4 Å². The van der Waals surface area contributed by atoms with E-state index in [9.17, 15) is 9.59 Å². The number of carbonyl (C=O) groups excluding carboxylic acids is 2. The number of hydrogen-bond acceptors (Lipinski definition) is 4. The van der Waals surface area contributed by atoms with Gasteiger partial charge in [0.25, 0.3) is 0 Å². The SMILES string of the molecule is O=C(CCCOc1ccc2c(c1)CCC(=O)N2)NCc1ccc(Cn2cnc3ccccc32)cc1. The molecule has 2 amide bonds.